The number of hydrogen-bond donors (Lipinski definition) is 3. The van der Waals surface area contributed by atoms with E-state index in [1.807, 2.05) is 74.5 Å². The van der Waals surface area contributed by atoms with Gasteiger partial charge >= 0.3 is 0 Å². The molecule has 0 aliphatic rings. The number of aliphatic hydroxyl groups excluding tert-OH is 1. The lowest BCUT2D eigenvalue weighted by molar-refractivity contribution is -0.105. The summed E-state index contributed by atoms with van der Waals surface area (Å²) >= 11 is 0. The molecular weight excluding hydrogens is 396 g/mol. The van der Waals surface area contributed by atoms with Crippen molar-refractivity contribution < 1.29 is 9.90 Å². The van der Waals surface area contributed by atoms with E-state index >= 15 is 0 Å². The summed E-state index contributed by atoms with van der Waals surface area (Å²) in [5.74, 6) is -0.630. The van der Waals surface area contributed by atoms with E-state index < -0.39 is 11.5 Å². The number of H-pyrrole nitrogens is 1. The van der Waals surface area contributed by atoms with Gasteiger partial charge in [0.2, 0.25) is 0 Å². The molecule has 0 amide bonds. The van der Waals surface area contributed by atoms with Gasteiger partial charge in [0.1, 0.15) is 12.0 Å². The summed E-state index contributed by atoms with van der Waals surface area (Å²) in [6.45, 7) is 5.81. The van der Waals surface area contributed by atoms with Gasteiger partial charge in [-0.05, 0) is 49.1 Å². The van der Waals surface area contributed by atoms with E-state index in [4.69, 9.17) is 5.73 Å². The molecule has 1 unspecified atom stereocenters. The third-order valence-electron chi connectivity index (χ3n) is 6.25. The Morgan fingerprint density at radius 2 is 1.62 bits per heavy atom. The van der Waals surface area contributed by atoms with Crippen LogP contribution < -0.4 is 5.73 Å². The van der Waals surface area contributed by atoms with E-state index in [1.54, 1.807) is 6.92 Å². The standard InChI is InChI=1S/C28H28N2O2/c1-18-14-15-22-19(2)26(30-24(22)16-18)25(20-10-6-4-7-11-20)23(17-31)27(32)28(3,29)21-12-8-5-9-13-21/h4-17,25,30,32H,29H2,1-3H3/b27-23-/t25?,28-/m1/s1. The molecule has 0 bridgehead atoms. The van der Waals surface area contributed by atoms with Crippen molar-refractivity contribution in [3.8, 4) is 0 Å². The third-order valence-corrected chi connectivity index (χ3v) is 6.25. The van der Waals surface area contributed by atoms with Crippen LogP contribution in [0.1, 0.15) is 40.8 Å². The van der Waals surface area contributed by atoms with Crippen LogP contribution in [0.5, 0.6) is 0 Å². The van der Waals surface area contributed by atoms with E-state index in [-0.39, 0.29) is 11.3 Å². The Morgan fingerprint density at radius 1 is 1.00 bits per heavy atom. The second-order valence-corrected chi connectivity index (χ2v) is 8.55. The highest BCUT2D eigenvalue weighted by Crippen LogP contribution is 2.39. The summed E-state index contributed by atoms with van der Waals surface area (Å²) < 4.78 is 0. The van der Waals surface area contributed by atoms with Crippen LogP contribution in [0.3, 0.4) is 0 Å². The fourth-order valence-corrected chi connectivity index (χ4v) is 4.39. The Hall–Kier alpha value is -3.63. The molecule has 2 atom stereocenters. The van der Waals surface area contributed by atoms with E-state index in [1.165, 1.54) is 0 Å². The number of carbonyl (C=O) groups is 1. The Labute approximate surface area is 188 Å². The molecule has 0 saturated heterocycles. The fraction of sp³-hybridized carbons (Fsp3) is 0.179. The van der Waals surface area contributed by atoms with Gasteiger partial charge in [0, 0.05) is 22.2 Å². The van der Waals surface area contributed by atoms with Crippen LogP contribution in [0.2, 0.25) is 0 Å². The number of nitrogens with two attached hydrogens (primary N) is 1. The van der Waals surface area contributed by atoms with Gasteiger partial charge in [-0.25, -0.2) is 0 Å². The molecule has 4 rings (SSSR count). The van der Waals surface area contributed by atoms with Crippen LogP contribution in [0.15, 0.2) is 90.2 Å². The lowest BCUT2D eigenvalue weighted by atomic mass is 9.81. The van der Waals surface area contributed by atoms with Crippen molar-refractivity contribution in [1.29, 1.82) is 0 Å². The van der Waals surface area contributed by atoms with Crippen LogP contribution in [-0.4, -0.2) is 16.4 Å². The zero-order valence-electron chi connectivity index (χ0n) is 18.6. The maximum Gasteiger partial charge on any atom is 0.150 e. The molecule has 32 heavy (non-hydrogen) atoms. The largest absolute Gasteiger partial charge is 0.510 e. The summed E-state index contributed by atoms with van der Waals surface area (Å²) in [5, 5.41) is 12.5. The first kappa shape index (κ1) is 21.6. The van der Waals surface area contributed by atoms with E-state index in [2.05, 4.69) is 23.2 Å². The number of benzene rings is 3. The minimum Gasteiger partial charge on any atom is -0.510 e. The van der Waals surface area contributed by atoms with Crippen molar-refractivity contribution in [2.45, 2.75) is 32.2 Å². The normalized spacial score (nSPS) is 15.1. The lowest BCUT2D eigenvalue weighted by Crippen LogP contribution is -2.37. The van der Waals surface area contributed by atoms with Crippen LogP contribution in [0.4, 0.5) is 0 Å². The monoisotopic (exact) mass is 424 g/mol. The van der Waals surface area contributed by atoms with Gasteiger partial charge in [0.25, 0.3) is 0 Å². The molecule has 162 valence electrons. The molecular formula is C28H28N2O2. The van der Waals surface area contributed by atoms with Crippen molar-refractivity contribution in [3.63, 3.8) is 0 Å². The first-order valence-electron chi connectivity index (χ1n) is 10.7. The molecule has 1 heterocycles. The summed E-state index contributed by atoms with van der Waals surface area (Å²) in [6, 6.07) is 25.3. The van der Waals surface area contributed by atoms with Gasteiger partial charge < -0.3 is 15.8 Å². The molecule has 4 aromatic rings. The quantitative estimate of drug-likeness (QED) is 0.208. The van der Waals surface area contributed by atoms with Crippen molar-refractivity contribution in [3.05, 3.63) is 118 Å². The highest BCUT2D eigenvalue weighted by atomic mass is 16.3. The molecule has 0 saturated carbocycles. The molecule has 1 aromatic heterocycles. The van der Waals surface area contributed by atoms with Crippen LogP contribution in [0.25, 0.3) is 10.9 Å². The maximum absolute atomic E-state index is 12.5. The first-order chi connectivity index (χ1) is 15.3. The Balaban J connectivity index is 1.98. The average Bonchev–Trinajstić information content (AvgIpc) is 3.13. The maximum atomic E-state index is 12.5. The summed E-state index contributed by atoms with van der Waals surface area (Å²) in [4.78, 5) is 16.0. The molecule has 4 heteroatoms. The topological polar surface area (TPSA) is 79.1 Å². The van der Waals surface area contributed by atoms with Gasteiger partial charge in [-0.2, -0.15) is 0 Å². The SMILES string of the molecule is Cc1ccc2c(C)c(C(/C(C=O)=C(\O)[C@](C)(N)c3ccccc3)c3ccccc3)[nH]c2c1. The molecule has 0 spiro atoms. The number of fused-ring (bicyclic) bond motifs is 1. The first-order valence-corrected chi connectivity index (χ1v) is 10.7. The van der Waals surface area contributed by atoms with Gasteiger partial charge in [-0.15, -0.1) is 0 Å². The van der Waals surface area contributed by atoms with Gasteiger partial charge in [-0.3, -0.25) is 4.79 Å². The second-order valence-electron chi connectivity index (χ2n) is 8.55. The number of aliphatic hydroxyl groups is 1. The fourth-order valence-electron chi connectivity index (χ4n) is 4.39. The van der Waals surface area contributed by atoms with Gasteiger partial charge in [0.05, 0.1) is 11.5 Å². The minimum atomic E-state index is -1.22. The van der Waals surface area contributed by atoms with Crippen LogP contribution >= 0.6 is 0 Å². The van der Waals surface area contributed by atoms with Crippen molar-refractivity contribution in [1.82, 2.24) is 4.98 Å². The Kier molecular flexibility index (Phi) is 5.72. The Morgan fingerprint density at radius 3 is 2.25 bits per heavy atom. The van der Waals surface area contributed by atoms with E-state index in [9.17, 15) is 9.90 Å². The molecule has 0 aliphatic heterocycles. The predicted molar refractivity (Wildman–Crippen MR) is 130 cm³/mol. The van der Waals surface area contributed by atoms with Crippen LogP contribution in [-0.2, 0) is 10.3 Å². The average molecular weight is 425 g/mol. The van der Waals surface area contributed by atoms with Crippen molar-refractivity contribution in [2.24, 2.45) is 5.73 Å². The van der Waals surface area contributed by atoms with Gasteiger partial charge in [-0.1, -0.05) is 72.8 Å². The third kappa shape index (κ3) is 3.74. The predicted octanol–water partition coefficient (Wildman–Crippen LogP) is 5.80. The lowest BCUT2D eigenvalue weighted by Gasteiger charge is -2.28. The number of aldehydes is 1. The summed E-state index contributed by atoms with van der Waals surface area (Å²) in [5.41, 5.74) is 11.3. The highest BCUT2D eigenvalue weighted by molar-refractivity contribution is 5.87. The molecule has 0 fully saturated rings. The highest BCUT2D eigenvalue weighted by Gasteiger charge is 2.34. The minimum absolute atomic E-state index is 0.137. The number of carbonyl (C=O) groups excluding carboxylic acids is 1. The van der Waals surface area contributed by atoms with Crippen LogP contribution in [0, 0.1) is 13.8 Å². The Bertz CT molecular complexity index is 1290. The molecule has 0 aliphatic carbocycles. The number of aryl methyl sites for hydroxylation is 2. The zero-order chi connectivity index (χ0) is 22.9. The molecule has 4 N–H and O–H groups in total. The number of allylic oxidation sites excluding steroid dienone is 1. The molecule has 0 radical (unpaired) electrons. The number of aromatic nitrogens is 1. The number of aromatic amines is 1. The number of hydrogen-bond acceptors (Lipinski definition) is 3. The van der Waals surface area contributed by atoms with E-state index in [0.29, 0.717) is 0 Å². The zero-order valence-corrected chi connectivity index (χ0v) is 18.6. The van der Waals surface area contributed by atoms with Gasteiger partial charge in [0.15, 0.2) is 0 Å². The van der Waals surface area contributed by atoms with Crippen molar-refractivity contribution >= 4 is 17.2 Å². The molecule has 4 nitrogen and oxygen atoms in total. The molecule has 3 aromatic carbocycles. The summed E-state index contributed by atoms with van der Waals surface area (Å²) in [7, 11) is 0. The van der Waals surface area contributed by atoms with E-state index in [0.717, 1.165) is 45.1 Å². The summed E-state index contributed by atoms with van der Waals surface area (Å²) in [6.07, 6.45) is 0.733. The number of nitrogens with one attached hydrogen (secondary N) is 1. The van der Waals surface area contributed by atoms with Crippen molar-refractivity contribution in [2.75, 3.05) is 0 Å². The number of rotatable bonds is 6. The second kappa shape index (κ2) is 8.48. The smallest absolute Gasteiger partial charge is 0.150 e.